The molecule has 0 heterocycles. The van der Waals surface area contributed by atoms with Gasteiger partial charge in [0.1, 0.15) is 11.0 Å². The van der Waals surface area contributed by atoms with E-state index in [-0.39, 0.29) is 39.6 Å². The van der Waals surface area contributed by atoms with Gasteiger partial charge in [0.15, 0.2) is 5.84 Å². The minimum Gasteiger partial charge on any atom is -0.593 e. The van der Waals surface area contributed by atoms with E-state index in [1.54, 1.807) is 19.2 Å². The van der Waals surface area contributed by atoms with Crippen LogP contribution in [-0.4, -0.2) is 40.0 Å². The largest absolute Gasteiger partial charge is 0.593 e. The summed E-state index contributed by atoms with van der Waals surface area (Å²) in [5.41, 5.74) is 7.27. The number of ether oxygens (including phenoxy) is 1. The highest BCUT2D eigenvalue weighted by atomic mass is 35.5. The second kappa shape index (κ2) is 9.72. The zero-order valence-corrected chi connectivity index (χ0v) is 17.9. The number of methoxy groups -OCH3 is 1. The van der Waals surface area contributed by atoms with Gasteiger partial charge in [0.25, 0.3) is 6.43 Å². The number of hydrogen-bond acceptors (Lipinski definition) is 5. The number of nitrogens with zero attached hydrogens (tertiary/aromatic N) is 1. The van der Waals surface area contributed by atoms with Crippen LogP contribution >= 0.6 is 11.6 Å². The van der Waals surface area contributed by atoms with Crippen LogP contribution in [0.2, 0.25) is 5.02 Å². The standard InChI is InChI=1S/C20H23ClF2N4O2S/c1-29-13-4-2-12(3-5-13)11-27(30(28)14-6-7-14)20(25)18-15(21)8-9-16(24)19(18)26-10-17(22)23/h2-5,8-9,14,17,25-26H,6-7,10-11,24H2,1H3. The first kappa shape index (κ1) is 22.5. The smallest absolute Gasteiger partial charge is 0.255 e. The Labute approximate surface area is 182 Å². The van der Waals surface area contributed by atoms with Crippen LogP contribution in [0.25, 0.3) is 0 Å². The molecule has 0 spiro atoms. The SMILES string of the molecule is COc1ccc(CN(C(=N)c2c(Cl)ccc(N)c2NCC(F)F)[S+]([O-])C2CC2)cc1. The highest BCUT2D eigenvalue weighted by Crippen LogP contribution is 2.36. The summed E-state index contributed by atoms with van der Waals surface area (Å²) in [5, 5.41) is 11.5. The van der Waals surface area contributed by atoms with E-state index in [1.807, 2.05) is 12.1 Å². The molecule has 6 nitrogen and oxygen atoms in total. The van der Waals surface area contributed by atoms with E-state index in [9.17, 15) is 13.3 Å². The van der Waals surface area contributed by atoms with Crippen LogP contribution in [0.5, 0.6) is 5.75 Å². The third-order valence-electron chi connectivity index (χ3n) is 4.62. The summed E-state index contributed by atoms with van der Waals surface area (Å²) in [7, 11) is 1.56. The fraction of sp³-hybridized carbons (Fsp3) is 0.350. The van der Waals surface area contributed by atoms with E-state index >= 15 is 0 Å². The third kappa shape index (κ3) is 5.27. The highest BCUT2D eigenvalue weighted by Gasteiger charge is 2.41. The summed E-state index contributed by atoms with van der Waals surface area (Å²) in [6.07, 6.45) is -0.998. The van der Waals surface area contributed by atoms with Gasteiger partial charge < -0.3 is 20.3 Å². The molecule has 1 aliphatic rings. The van der Waals surface area contributed by atoms with Gasteiger partial charge in [0.2, 0.25) is 0 Å². The lowest BCUT2D eigenvalue weighted by atomic mass is 10.1. The molecular weight excluding hydrogens is 434 g/mol. The van der Waals surface area contributed by atoms with Gasteiger partial charge in [-0.3, -0.25) is 5.41 Å². The van der Waals surface area contributed by atoms with Crippen molar-refractivity contribution in [3.8, 4) is 5.75 Å². The van der Waals surface area contributed by atoms with Gasteiger partial charge in [-0.05, 0) is 29.8 Å². The topological polar surface area (TPSA) is 97.4 Å². The normalized spacial score (nSPS) is 14.5. The second-order valence-electron chi connectivity index (χ2n) is 6.87. The van der Waals surface area contributed by atoms with Crippen LogP contribution in [-0.2, 0) is 17.9 Å². The molecule has 162 valence electrons. The Morgan fingerprint density at radius 2 is 2.00 bits per heavy atom. The van der Waals surface area contributed by atoms with Crippen molar-refractivity contribution in [2.24, 2.45) is 0 Å². The average Bonchev–Trinajstić information content (AvgIpc) is 3.57. The Kier molecular flexibility index (Phi) is 7.27. The van der Waals surface area contributed by atoms with Gasteiger partial charge in [-0.15, -0.1) is 0 Å². The van der Waals surface area contributed by atoms with E-state index in [0.29, 0.717) is 5.75 Å². The van der Waals surface area contributed by atoms with Crippen molar-refractivity contribution in [1.29, 1.82) is 5.41 Å². The zero-order valence-electron chi connectivity index (χ0n) is 16.3. The number of halogens is 3. The quantitative estimate of drug-likeness (QED) is 0.227. The molecule has 30 heavy (non-hydrogen) atoms. The number of nitrogen functional groups attached to an aromatic ring is 1. The van der Waals surface area contributed by atoms with E-state index in [2.05, 4.69) is 5.32 Å². The van der Waals surface area contributed by atoms with Gasteiger partial charge in [-0.25, -0.2) is 8.78 Å². The van der Waals surface area contributed by atoms with Gasteiger partial charge in [-0.1, -0.05) is 23.7 Å². The maximum Gasteiger partial charge on any atom is 0.255 e. The molecule has 1 fully saturated rings. The van der Waals surface area contributed by atoms with Gasteiger partial charge in [0.05, 0.1) is 53.5 Å². The number of nitrogens with two attached hydrogens (primary N) is 1. The molecule has 10 heteroatoms. The maximum absolute atomic E-state index is 13.1. The van der Waals surface area contributed by atoms with Crippen LogP contribution in [0, 0.1) is 5.41 Å². The van der Waals surface area contributed by atoms with E-state index in [1.165, 1.54) is 16.4 Å². The molecule has 0 bridgehead atoms. The zero-order chi connectivity index (χ0) is 21.8. The number of rotatable bonds is 9. The fourth-order valence-electron chi connectivity index (χ4n) is 2.90. The fourth-order valence-corrected chi connectivity index (χ4v) is 4.59. The molecule has 0 radical (unpaired) electrons. The van der Waals surface area contributed by atoms with Gasteiger partial charge >= 0.3 is 0 Å². The monoisotopic (exact) mass is 456 g/mol. The molecule has 0 amide bonds. The van der Waals surface area contributed by atoms with Gasteiger partial charge in [-0.2, -0.15) is 4.31 Å². The second-order valence-corrected chi connectivity index (χ2v) is 8.93. The number of alkyl halides is 2. The van der Waals surface area contributed by atoms with Crippen molar-refractivity contribution < 1.29 is 18.1 Å². The Balaban J connectivity index is 1.95. The summed E-state index contributed by atoms with van der Waals surface area (Å²) in [6.45, 7) is -0.458. The number of nitrogens with one attached hydrogen (secondary N) is 2. The van der Waals surface area contributed by atoms with Crippen LogP contribution in [0.4, 0.5) is 20.2 Å². The van der Waals surface area contributed by atoms with Crippen LogP contribution < -0.4 is 15.8 Å². The molecular formula is C20H23ClF2N4O2S. The first-order valence-corrected chi connectivity index (χ1v) is 10.9. The van der Waals surface area contributed by atoms with Crippen LogP contribution in [0.3, 0.4) is 0 Å². The Hall–Kier alpha value is -2.23. The summed E-state index contributed by atoms with van der Waals surface area (Å²) in [6, 6.07) is 10.2. The molecule has 3 rings (SSSR count). The number of anilines is 2. The molecule has 4 N–H and O–H groups in total. The van der Waals surface area contributed by atoms with Crippen molar-refractivity contribution in [2.45, 2.75) is 31.1 Å². The van der Waals surface area contributed by atoms with E-state index in [4.69, 9.17) is 27.5 Å². The number of benzene rings is 2. The summed E-state index contributed by atoms with van der Waals surface area (Å²) in [5.74, 6) is 0.547. The predicted molar refractivity (Wildman–Crippen MR) is 117 cm³/mol. The van der Waals surface area contributed by atoms with Crippen molar-refractivity contribution in [2.75, 3.05) is 24.7 Å². The molecule has 1 atom stereocenters. The summed E-state index contributed by atoms with van der Waals surface area (Å²) in [4.78, 5) is 0. The first-order chi connectivity index (χ1) is 14.3. The van der Waals surface area contributed by atoms with E-state index in [0.717, 1.165) is 18.4 Å². The van der Waals surface area contributed by atoms with Crippen molar-refractivity contribution in [1.82, 2.24) is 4.31 Å². The highest BCUT2D eigenvalue weighted by molar-refractivity contribution is 7.90. The number of amidine groups is 1. The lowest BCUT2D eigenvalue weighted by molar-refractivity contribution is 0.163. The van der Waals surface area contributed by atoms with Crippen molar-refractivity contribution in [3.05, 3.63) is 52.5 Å². The molecule has 0 saturated heterocycles. The van der Waals surface area contributed by atoms with Crippen LogP contribution in [0.1, 0.15) is 24.0 Å². The van der Waals surface area contributed by atoms with Crippen molar-refractivity contribution >= 4 is 40.2 Å². The predicted octanol–water partition coefficient (Wildman–Crippen LogP) is 4.26. The number of hydrogen-bond donors (Lipinski definition) is 3. The van der Waals surface area contributed by atoms with Crippen LogP contribution in [0.15, 0.2) is 36.4 Å². The molecule has 2 aromatic carbocycles. The molecule has 2 aromatic rings. The summed E-state index contributed by atoms with van der Waals surface area (Å²) < 4.78 is 45.2. The minimum atomic E-state index is -2.61. The molecule has 1 saturated carbocycles. The minimum absolute atomic E-state index is 0.0408. The molecule has 0 aliphatic heterocycles. The van der Waals surface area contributed by atoms with E-state index < -0.39 is 24.3 Å². The Morgan fingerprint density at radius 1 is 1.33 bits per heavy atom. The molecule has 1 aliphatic carbocycles. The summed E-state index contributed by atoms with van der Waals surface area (Å²) >= 11 is 4.86. The molecule has 0 aromatic heterocycles. The Morgan fingerprint density at radius 3 is 2.57 bits per heavy atom. The lowest BCUT2D eigenvalue weighted by Crippen LogP contribution is -2.39. The van der Waals surface area contributed by atoms with Crippen molar-refractivity contribution in [3.63, 3.8) is 0 Å². The molecule has 1 unspecified atom stereocenters. The first-order valence-electron chi connectivity index (χ1n) is 9.32. The Bertz CT molecular complexity index is 897. The van der Waals surface area contributed by atoms with Gasteiger partial charge in [0, 0.05) is 12.8 Å². The average molecular weight is 457 g/mol. The third-order valence-corrected chi connectivity index (χ3v) is 6.72. The lowest BCUT2D eigenvalue weighted by Gasteiger charge is -2.28. The maximum atomic E-state index is 13.1.